The highest BCUT2D eigenvalue weighted by molar-refractivity contribution is 7.18. The van der Waals surface area contributed by atoms with Crippen LogP contribution in [-0.2, 0) is 11.3 Å². The molecule has 0 unspecified atom stereocenters. The number of halogens is 1. The molecular formula is C21H16FN3O3S. The highest BCUT2D eigenvalue weighted by atomic mass is 32.1. The fourth-order valence-electron chi connectivity index (χ4n) is 3.11. The first-order valence-corrected chi connectivity index (χ1v) is 9.63. The molecular weight excluding hydrogens is 393 g/mol. The van der Waals surface area contributed by atoms with Crippen LogP contribution in [0.1, 0.15) is 4.88 Å². The monoisotopic (exact) mass is 409 g/mol. The molecule has 0 bridgehead atoms. The topological polar surface area (TPSA) is 73.1 Å². The lowest BCUT2D eigenvalue weighted by Gasteiger charge is -2.12. The van der Waals surface area contributed by atoms with E-state index in [1.165, 1.54) is 34.1 Å². The Morgan fingerprint density at radius 3 is 2.48 bits per heavy atom. The van der Waals surface area contributed by atoms with Gasteiger partial charge in [0, 0.05) is 4.88 Å². The van der Waals surface area contributed by atoms with Gasteiger partial charge in [0.25, 0.3) is 5.56 Å². The summed E-state index contributed by atoms with van der Waals surface area (Å²) in [4.78, 5) is 39.9. The van der Waals surface area contributed by atoms with Crippen LogP contribution in [0.5, 0.6) is 0 Å². The lowest BCUT2D eigenvalue weighted by Crippen LogP contribution is -2.40. The quantitative estimate of drug-likeness (QED) is 0.562. The fraction of sp³-hybridized carbons (Fsp3) is 0.0952. The van der Waals surface area contributed by atoms with Crippen LogP contribution in [0.3, 0.4) is 0 Å². The second-order valence-corrected chi connectivity index (χ2v) is 7.68. The second-order valence-electron chi connectivity index (χ2n) is 6.45. The smallest absolute Gasteiger partial charge is 0.322 e. The number of benzene rings is 2. The van der Waals surface area contributed by atoms with Crippen LogP contribution in [0.15, 0.2) is 70.3 Å². The summed E-state index contributed by atoms with van der Waals surface area (Å²) in [5, 5.41) is 2.83. The molecule has 146 valence electrons. The Balaban J connectivity index is 1.84. The van der Waals surface area contributed by atoms with Crippen LogP contribution in [0.25, 0.3) is 15.9 Å². The zero-order valence-corrected chi connectivity index (χ0v) is 16.2. The van der Waals surface area contributed by atoms with Gasteiger partial charge in [0.15, 0.2) is 0 Å². The summed E-state index contributed by atoms with van der Waals surface area (Å²) in [6.07, 6.45) is 0. The number of rotatable bonds is 4. The number of hydrogen-bond donors (Lipinski definition) is 1. The molecule has 2 aromatic carbocycles. The van der Waals surface area contributed by atoms with Gasteiger partial charge in [-0.3, -0.25) is 14.2 Å². The first-order chi connectivity index (χ1) is 14.0. The molecule has 2 heterocycles. The highest BCUT2D eigenvalue weighted by Crippen LogP contribution is 2.22. The average Bonchev–Trinajstić information content (AvgIpc) is 3.10. The van der Waals surface area contributed by atoms with Crippen molar-refractivity contribution < 1.29 is 9.18 Å². The molecule has 0 atom stereocenters. The number of amides is 1. The van der Waals surface area contributed by atoms with Gasteiger partial charge >= 0.3 is 5.69 Å². The van der Waals surface area contributed by atoms with Crippen LogP contribution in [0.4, 0.5) is 10.1 Å². The van der Waals surface area contributed by atoms with E-state index in [0.29, 0.717) is 15.9 Å². The number of hydrogen-bond acceptors (Lipinski definition) is 4. The van der Waals surface area contributed by atoms with Crippen molar-refractivity contribution in [3.05, 3.63) is 92.2 Å². The molecule has 4 rings (SSSR count). The van der Waals surface area contributed by atoms with Crippen molar-refractivity contribution in [3.63, 3.8) is 0 Å². The summed E-state index contributed by atoms with van der Waals surface area (Å²) in [6.45, 7) is 1.47. The van der Waals surface area contributed by atoms with Gasteiger partial charge in [-0.2, -0.15) is 0 Å². The maximum atomic E-state index is 13.8. The second kappa shape index (κ2) is 7.48. The van der Waals surface area contributed by atoms with Crippen LogP contribution >= 0.6 is 11.3 Å². The minimum atomic E-state index is -0.626. The maximum Gasteiger partial charge on any atom is 0.337 e. The number of thiophene rings is 1. The zero-order valence-electron chi connectivity index (χ0n) is 15.4. The van der Waals surface area contributed by atoms with E-state index in [9.17, 15) is 18.8 Å². The number of aromatic nitrogens is 2. The number of aryl methyl sites for hydroxylation is 1. The van der Waals surface area contributed by atoms with Crippen molar-refractivity contribution in [1.82, 2.24) is 9.13 Å². The van der Waals surface area contributed by atoms with E-state index in [-0.39, 0.29) is 12.2 Å². The molecule has 0 radical (unpaired) electrons. The number of nitrogens with zero attached hydrogens (tertiary/aromatic N) is 2. The Bertz CT molecular complexity index is 1340. The molecule has 1 amide bonds. The third-order valence-electron chi connectivity index (χ3n) is 4.40. The predicted molar refractivity (Wildman–Crippen MR) is 111 cm³/mol. The lowest BCUT2D eigenvalue weighted by molar-refractivity contribution is -0.116. The van der Waals surface area contributed by atoms with Crippen LogP contribution in [0, 0.1) is 12.7 Å². The van der Waals surface area contributed by atoms with Crippen molar-refractivity contribution in [2.24, 2.45) is 0 Å². The van der Waals surface area contributed by atoms with Gasteiger partial charge in [0.05, 0.1) is 16.8 Å². The van der Waals surface area contributed by atoms with Crippen molar-refractivity contribution in [3.8, 4) is 5.69 Å². The minimum Gasteiger partial charge on any atom is -0.322 e. The summed E-state index contributed by atoms with van der Waals surface area (Å²) >= 11 is 1.26. The summed E-state index contributed by atoms with van der Waals surface area (Å²) in [5.74, 6) is -1.14. The predicted octanol–water partition coefficient (Wildman–Crippen LogP) is 3.30. The first kappa shape index (κ1) is 18.8. The van der Waals surface area contributed by atoms with E-state index >= 15 is 0 Å². The van der Waals surface area contributed by atoms with E-state index in [1.54, 1.807) is 42.5 Å². The number of carbonyl (C=O) groups excluding carboxylic acids is 1. The number of carbonyl (C=O) groups is 1. The van der Waals surface area contributed by atoms with E-state index in [1.807, 2.05) is 6.92 Å². The number of para-hydroxylation sites is 2. The zero-order chi connectivity index (χ0) is 20.5. The maximum absolute atomic E-state index is 13.8. The largest absolute Gasteiger partial charge is 0.337 e. The molecule has 6 nitrogen and oxygen atoms in total. The third kappa shape index (κ3) is 3.50. The van der Waals surface area contributed by atoms with Crippen LogP contribution in [0.2, 0.25) is 0 Å². The molecule has 0 saturated carbocycles. The van der Waals surface area contributed by atoms with Gasteiger partial charge in [0.2, 0.25) is 5.91 Å². The summed E-state index contributed by atoms with van der Waals surface area (Å²) in [6, 6.07) is 16.0. The van der Waals surface area contributed by atoms with Gasteiger partial charge in [-0.15, -0.1) is 11.3 Å². The standard InChI is InChI=1S/C21H16FN3O3S/c1-13-11-15-19(27)25(14-7-3-2-4-8-14)21(28)24(20(15)29-13)12-18(26)23-17-10-6-5-9-16(17)22/h2-11H,12H2,1H3,(H,23,26). The Kier molecular flexibility index (Phi) is 4.85. The van der Waals surface area contributed by atoms with E-state index in [2.05, 4.69) is 5.32 Å². The molecule has 0 aliphatic heterocycles. The third-order valence-corrected chi connectivity index (χ3v) is 5.47. The van der Waals surface area contributed by atoms with Gasteiger partial charge in [-0.05, 0) is 37.3 Å². The summed E-state index contributed by atoms with van der Waals surface area (Å²) in [5.41, 5.74) is -0.623. The Hall–Kier alpha value is -3.52. The van der Waals surface area contributed by atoms with Crippen molar-refractivity contribution in [2.45, 2.75) is 13.5 Å². The van der Waals surface area contributed by atoms with Gasteiger partial charge in [-0.1, -0.05) is 30.3 Å². The highest BCUT2D eigenvalue weighted by Gasteiger charge is 2.19. The van der Waals surface area contributed by atoms with Gasteiger partial charge in [-0.25, -0.2) is 13.8 Å². The normalized spacial score (nSPS) is 11.0. The van der Waals surface area contributed by atoms with Crippen LogP contribution in [-0.4, -0.2) is 15.0 Å². The number of nitrogens with one attached hydrogen (secondary N) is 1. The summed E-state index contributed by atoms with van der Waals surface area (Å²) < 4.78 is 16.1. The average molecular weight is 409 g/mol. The molecule has 8 heteroatoms. The van der Waals surface area contributed by atoms with E-state index in [4.69, 9.17) is 0 Å². The molecule has 0 fully saturated rings. The SMILES string of the molecule is Cc1cc2c(=O)n(-c3ccccc3)c(=O)n(CC(=O)Nc3ccccc3F)c2s1. The molecule has 2 aromatic heterocycles. The summed E-state index contributed by atoms with van der Waals surface area (Å²) in [7, 11) is 0. The van der Waals surface area contributed by atoms with Crippen molar-refractivity contribution >= 4 is 33.1 Å². The fourth-order valence-corrected chi connectivity index (χ4v) is 4.10. The molecule has 0 aliphatic carbocycles. The van der Waals surface area contributed by atoms with E-state index in [0.717, 1.165) is 9.44 Å². The van der Waals surface area contributed by atoms with Crippen molar-refractivity contribution in [1.29, 1.82) is 0 Å². The first-order valence-electron chi connectivity index (χ1n) is 8.81. The molecule has 4 aromatic rings. The van der Waals surface area contributed by atoms with Gasteiger partial charge in [0.1, 0.15) is 17.2 Å². The lowest BCUT2D eigenvalue weighted by atomic mass is 10.3. The Morgan fingerprint density at radius 1 is 1.07 bits per heavy atom. The van der Waals surface area contributed by atoms with Crippen molar-refractivity contribution in [2.75, 3.05) is 5.32 Å². The van der Waals surface area contributed by atoms with Crippen LogP contribution < -0.4 is 16.6 Å². The molecule has 29 heavy (non-hydrogen) atoms. The Labute approximate surface area is 168 Å². The number of anilines is 1. The number of fused-ring (bicyclic) bond motifs is 1. The van der Waals surface area contributed by atoms with E-state index < -0.39 is 23.0 Å². The van der Waals surface area contributed by atoms with Gasteiger partial charge < -0.3 is 5.32 Å². The minimum absolute atomic E-state index is 0.0283. The molecule has 0 aliphatic rings. The molecule has 1 N–H and O–H groups in total. The Morgan fingerprint density at radius 2 is 1.76 bits per heavy atom. The molecule has 0 spiro atoms. The molecule has 0 saturated heterocycles.